The third-order valence-electron chi connectivity index (χ3n) is 5.46. The van der Waals surface area contributed by atoms with Gasteiger partial charge in [0.25, 0.3) is 20.0 Å². The van der Waals surface area contributed by atoms with Crippen LogP contribution in [-0.2, 0) is 24.8 Å². The van der Waals surface area contributed by atoms with Gasteiger partial charge in [-0.05, 0) is 67.0 Å². The molecule has 5 rings (SSSR count). The van der Waals surface area contributed by atoms with Crippen molar-refractivity contribution < 1.29 is 21.6 Å². The number of rotatable bonds is 7. The molecule has 192 valence electrons. The molecular weight excluding hydrogens is 584 g/mol. The zero-order valence-electron chi connectivity index (χ0n) is 18.5. The van der Waals surface area contributed by atoms with Crippen LogP contribution in [0.15, 0.2) is 61.6 Å². The first kappa shape index (κ1) is 27.0. The van der Waals surface area contributed by atoms with Gasteiger partial charge in [-0.15, -0.1) is 35.1 Å². The van der Waals surface area contributed by atoms with Crippen molar-refractivity contribution in [2.24, 2.45) is 5.92 Å². The smallest absolute Gasteiger partial charge is 0.287 e. The molecule has 0 aliphatic carbocycles. The van der Waals surface area contributed by atoms with Crippen molar-refractivity contribution in [2.75, 3.05) is 22.1 Å². The maximum absolute atomic E-state index is 13.5. The molecule has 15 heteroatoms. The molecular formula is C21H21ClN4O5S5. The topological polar surface area (TPSA) is 126 Å². The number of aromatic nitrogens is 1. The number of halogens is 1. The minimum Gasteiger partial charge on any atom is -0.317 e. The molecule has 1 amide bonds. The van der Waals surface area contributed by atoms with Gasteiger partial charge in [0.05, 0.1) is 15.9 Å². The Balaban J connectivity index is 0.00000304. The van der Waals surface area contributed by atoms with Gasteiger partial charge in [-0.2, -0.15) is 20.5 Å². The summed E-state index contributed by atoms with van der Waals surface area (Å²) in [6.07, 6.45) is 1.49. The van der Waals surface area contributed by atoms with E-state index in [1.54, 1.807) is 29.0 Å². The Kier molecular flexibility index (Phi) is 8.04. The van der Waals surface area contributed by atoms with Gasteiger partial charge in [-0.3, -0.25) is 4.79 Å². The highest BCUT2D eigenvalue weighted by molar-refractivity contribution is 8.11. The zero-order valence-corrected chi connectivity index (χ0v) is 23.4. The van der Waals surface area contributed by atoms with Gasteiger partial charge < -0.3 is 10.6 Å². The summed E-state index contributed by atoms with van der Waals surface area (Å²) < 4.78 is 54.8. The second-order valence-corrected chi connectivity index (χ2v) is 14.9. The molecule has 1 aromatic carbocycles. The van der Waals surface area contributed by atoms with Crippen LogP contribution in [0, 0.1) is 5.92 Å². The van der Waals surface area contributed by atoms with Gasteiger partial charge in [-0.1, -0.05) is 23.5 Å². The van der Waals surface area contributed by atoms with Crippen molar-refractivity contribution in [3.63, 3.8) is 0 Å². The summed E-state index contributed by atoms with van der Waals surface area (Å²) >= 11 is 3.05. The van der Waals surface area contributed by atoms with Crippen LogP contribution >= 0.6 is 46.4 Å². The van der Waals surface area contributed by atoms with Crippen LogP contribution in [0.1, 0.15) is 12.8 Å². The molecule has 0 unspecified atom stereocenters. The third kappa shape index (κ3) is 5.16. The Morgan fingerprint density at radius 3 is 2.14 bits per heavy atom. The van der Waals surface area contributed by atoms with E-state index >= 15 is 0 Å². The lowest BCUT2D eigenvalue weighted by Crippen LogP contribution is -2.36. The zero-order chi connectivity index (χ0) is 24.6. The molecule has 0 bridgehead atoms. The van der Waals surface area contributed by atoms with E-state index in [0.717, 1.165) is 48.6 Å². The van der Waals surface area contributed by atoms with E-state index in [1.807, 2.05) is 0 Å². The van der Waals surface area contributed by atoms with Crippen molar-refractivity contribution >= 4 is 93.4 Å². The van der Waals surface area contributed by atoms with Crippen LogP contribution in [0.4, 0.5) is 10.8 Å². The van der Waals surface area contributed by atoms with Crippen molar-refractivity contribution in [1.82, 2.24) is 10.3 Å². The van der Waals surface area contributed by atoms with Gasteiger partial charge in [0.1, 0.15) is 8.42 Å². The van der Waals surface area contributed by atoms with Crippen LogP contribution in [0.2, 0.25) is 0 Å². The Morgan fingerprint density at radius 2 is 1.58 bits per heavy atom. The number of nitrogens with one attached hydrogen (secondary N) is 2. The summed E-state index contributed by atoms with van der Waals surface area (Å²) in [5, 5.41) is 9.61. The molecule has 1 aliphatic rings. The Bertz CT molecular complexity index is 1500. The quantitative estimate of drug-likeness (QED) is 0.321. The molecule has 3 aromatic heterocycles. The molecule has 4 aromatic rings. The van der Waals surface area contributed by atoms with Crippen molar-refractivity contribution in [2.45, 2.75) is 21.3 Å². The number of thiophene rings is 2. The van der Waals surface area contributed by atoms with E-state index in [0.29, 0.717) is 19.1 Å². The van der Waals surface area contributed by atoms with E-state index in [9.17, 15) is 21.6 Å². The third-order valence-corrected chi connectivity index (χ3v) is 13.3. The first-order valence-corrected chi connectivity index (χ1v) is 16.0. The fourth-order valence-electron chi connectivity index (χ4n) is 3.76. The van der Waals surface area contributed by atoms with E-state index in [2.05, 4.69) is 15.6 Å². The largest absolute Gasteiger partial charge is 0.317 e. The summed E-state index contributed by atoms with van der Waals surface area (Å²) in [6.45, 7) is 1.57. The number of anilines is 2. The van der Waals surface area contributed by atoms with E-state index < -0.39 is 20.0 Å². The number of carbonyl (C=O) groups is 1. The first-order chi connectivity index (χ1) is 16.8. The maximum atomic E-state index is 13.5. The van der Waals surface area contributed by atoms with Gasteiger partial charge >= 0.3 is 0 Å². The normalized spacial score (nSPS) is 14.9. The number of amides is 1. The number of hydrogen-bond donors (Lipinski definition) is 2. The number of piperidine rings is 1. The number of hydrogen-bond acceptors (Lipinski definition) is 10. The van der Waals surface area contributed by atoms with Crippen LogP contribution in [0.3, 0.4) is 0 Å². The monoisotopic (exact) mass is 604 g/mol. The molecule has 0 saturated carbocycles. The van der Waals surface area contributed by atoms with Crippen molar-refractivity contribution in [1.29, 1.82) is 0 Å². The summed E-state index contributed by atoms with van der Waals surface area (Å²) in [5.74, 6) is -0.200. The second-order valence-electron chi connectivity index (χ2n) is 7.76. The lowest BCUT2D eigenvalue weighted by Gasteiger charge is -2.22. The minimum absolute atomic E-state index is 0. The summed E-state index contributed by atoms with van der Waals surface area (Å²) in [5.41, 5.74) is 0.500. The molecule has 2 N–H and O–H groups in total. The molecule has 1 fully saturated rings. The second kappa shape index (κ2) is 10.7. The van der Waals surface area contributed by atoms with E-state index in [4.69, 9.17) is 0 Å². The van der Waals surface area contributed by atoms with Crippen LogP contribution in [0.5, 0.6) is 0 Å². The van der Waals surface area contributed by atoms with Crippen molar-refractivity contribution in [3.8, 4) is 0 Å². The SMILES string of the molecule is Cl.O=C(Nc1nc2ccc(N(S(=O)(=O)c3cccs3)S(=O)(=O)c3cccs3)cc2s1)C1CCNCC1. The predicted molar refractivity (Wildman–Crippen MR) is 147 cm³/mol. The van der Waals surface area contributed by atoms with E-state index in [1.165, 1.54) is 35.6 Å². The number of fused-ring (bicyclic) bond motifs is 1. The average molecular weight is 605 g/mol. The molecule has 0 atom stereocenters. The minimum atomic E-state index is -4.41. The highest BCUT2D eigenvalue weighted by atomic mass is 35.5. The molecule has 9 nitrogen and oxygen atoms in total. The van der Waals surface area contributed by atoms with Crippen LogP contribution in [0.25, 0.3) is 10.2 Å². The van der Waals surface area contributed by atoms with Gasteiger partial charge in [0, 0.05) is 5.92 Å². The fraction of sp³-hybridized carbons (Fsp3) is 0.238. The number of benzene rings is 1. The van der Waals surface area contributed by atoms with Gasteiger partial charge in [-0.25, -0.2) is 4.98 Å². The average Bonchev–Trinajstić information content (AvgIpc) is 3.61. The predicted octanol–water partition coefficient (Wildman–Crippen LogP) is 4.36. The number of nitrogens with zero attached hydrogens (tertiary/aromatic N) is 2. The molecule has 36 heavy (non-hydrogen) atoms. The number of sulfonamides is 2. The molecule has 1 saturated heterocycles. The first-order valence-electron chi connectivity index (χ1n) is 10.6. The summed E-state index contributed by atoms with van der Waals surface area (Å²) in [4.78, 5) is 17.0. The van der Waals surface area contributed by atoms with E-state index in [-0.39, 0.29) is 38.3 Å². The van der Waals surface area contributed by atoms with Crippen molar-refractivity contribution in [3.05, 3.63) is 53.2 Å². The molecule has 0 radical (unpaired) electrons. The fourth-order valence-corrected chi connectivity index (χ4v) is 10.7. The summed E-state index contributed by atoms with van der Waals surface area (Å²) in [6, 6.07) is 10.3. The number of carbonyl (C=O) groups excluding carboxylic acids is 1. The Morgan fingerprint density at radius 1 is 0.972 bits per heavy atom. The van der Waals surface area contributed by atoms with Gasteiger partial charge in [0.2, 0.25) is 5.91 Å². The maximum Gasteiger partial charge on any atom is 0.287 e. The number of thiazole rings is 1. The lowest BCUT2D eigenvalue weighted by atomic mass is 9.97. The van der Waals surface area contributed by atoms with Crippen LogP contribution < -0.4 is 14.3 Å². The standard InChI is InChI=1S/C21H20N4O5S5.ClH/c26-20(14-7-9-22-10-8-14)24-21-23-16-6-5-15(13-17(16)33-21)25(34(27,28)18-3-1-11-31-18)35(29,30)19-4-2-12-32-19;/h1-6,11-14,22H,7-10H2,(H,23,24,26);1H. The summed E-state index contributed by atoms with van der Waals surface area (Å²) in [7, 11) is -8.82. The highest BCUT2D eigenvalue weighted by Crippen LogP contribution is 2.37. The molecule has 4 heterocycles. The Labute approximate surface area is 226 Å². The lowest BCUT2D eigenvalue weighted by molar-refractivity contribution is -0.120. The highest BCUT2D eigenvalue weighted by Gasteiger charge is 2.38. The van der Waals surface area contributed by atoms with Crippen LogP contribution in [-0.4, -0.2) is 40.8 Å². The Hall–Kier alpha value is -2.07. The van der Waals surface area contributed by atoms with Gasteiger partial charge in [0.15, 0.2) is 5.13 Å². The molecule has 1 aliphatic heterocycles. The molecule has 0 spiro atoms.